The number of amides is 2. The number of nitrogens with two attached hydrogens (primary N) is 1. The number of pyridine rings is 6. The van der Waals surface area contributed by atoms with Crippen molar-refractivity contribution in [1.82, 2.24) is 39.3 Å². The molecule has 3 atom stereocenters. The van der Waals surface area contributed by atoms with E-state index in [0.717, 1.165) is 38.7 Å². The maximum Gasteiger partial charge on any atom is 0.407 e. The number of hydrogen-bond acceptors (Lipinski definition) is 14. The highest BCUT2D eigenvalue weighted by atomic mass is 35.5. The Morgan fingerprint density at radius 3 is 1.24 bits per heavy atom. The molecule has 0 saturated carbocycles. The topological polar surface area (TPSA) is 235 Å². The lowest BCUT2D eigenvalue weighted by Crippen LogP contribution is -2.42. The fraction of sp³-hybridized carbons (Fsp3) is 0.457. The monoisotopic (exact) mass is 1320 g/mol. The summed E-state index contributed by atoms with van der Waals surface area (Å²) < 4.78 is 33.4. The summed E-state index contributed by atoms with van der Waals surface area (Å²) in [7, 11) is 5.13. The molecular weight excluding hydrogens is 1230 g/mol. The van der Waals surface area contributed by atoms with Gasteiger partial charge in [-0.05, 0) is 164 Å². The van der Waals surface area contributed by atoms with Crippen molar-refractivity contribution in [3.63, 3.8) is 0 Å². The van der Waals surface area contributed by atoms with Crippen LogP contribution in [-0.2, 0) is 30.6 Å². The Balaban J connectivity index is 0.000000197. The molecule has 4 N–H and O–H groups in total. The Bertz CT molecular complexity index is 4300. The van der Waals surface area contributed by atoms with Crippen LogP contribution in [0.4, 0.5) is 9.59 Å². The minimum Gasteiger partial charge on any atom is -0.490 e. The summed E-state index contributed by atoms with van der Waals surface area (Å²) in [5.41, 5.74) is 8.55. The van der Waals surface area contributed by atoms with Gasteiger partial charge in [-0.25, -0.2) is 9.59 Å². The first-order valence-electron chi connectivity index (χ1n) is 30.9. The Hall–Kier alpha value is -7.71. The molecule has 6 aromatic heterocycles. The Morgan fingerprint density at radius 1 is 0.500 bits per heavy atom. The summed E-state index contributed by atoms with van der Waals surface area (Å²) in [5.74, 6) is 2.62. The molecule has 19 nitrogen and oxygen atoms in total. The van der Waals surface area contributed by atoms with Crippen molar-refractivity contribution < 1.29 is 33.3 Å². The number of carbonyl (C=O) groups excluding carboxylic acids is 2. The molecule has 3 aromatic carbocycles. The van der Waals surface area contributed by atoms with Gasteiger partial charge < -0.3 is 53.8 Å². The summed E-state index contributed by atoms with van der Waals surface area (Å²) >= 11 is 19.9. The van der Waals surface area contributed by atoms with Crippen molar-refractivity contribution in [3.05, 3.63) is 136 Å². The van der Waals surface area contributed by atoms with Crippen molar-refractivity contribution in [1.29, 1.82) is 0 Å². The van der Waals surface area contributed by atoms with Gasteiger partial charge in [-0.15, -0.1) is 0 Å². The van der Waals surface area contributed by atoms with E-state index in [1.165, 1.54) is 4.57 Å². The molecule has 9 aromatic rings. The fourth-order valence-corrected chi connectivity index (χ4v) is 12.1. The Kier molecular flexibility index (Phi) is 23.3. The van der Waals surface area contributed by atoms with Gasteiger partial charge >= 0.3 is 12.2 Å². The highest BCUT2D eigenvalue weighted by molar-refractivity contribution is 6.38. The van der Waals surface area contributed by atoms with Gasteiger partial charge in [-0.3, -0.25) is 29.3 Å². The number of hydrogen-bond donors (Lipinski definition) is 3. The third-order valence-electron chi connectivity index (χ3n) is 15.2. The number of benzene rings is 3. The van der Waals surface area contributed by atoms with Crippen molar-refractivity contribution in [2.24, 2.45) is 44.6 Å². The smallest absolute Gasteiger partial charge is 0.407 e. The summed E-state index contributed by atoms with van der Waals surface area (Å²) in [4.78, 5) is 76.1. The van der Waals surface area contributed by atoms with Crippen LogP contribution >= 0.6 is 34.8 Å². The largest absolute Gasteiger partial charge is 0.490 e. The third kappa shape index (κ3) is 17.3. The number of halogens is 3. The minimum atomic E-state index is -0.587. The van der Waals surface area contributed by atoms with E-state index in [2.05, 4.69) is 67.1 Å². The molecule has 0 aliphatic heterocycles. The minimum absolute atomic E-state index is 0.0593. The molecule has 9 rings (SSSR count). The van der Waals surface area contributed by atoms with Crippen LogP contribution in [-0.4, -0.2) is 90.0 Å². The van der Waals surface area contributed by atoms with E-state index in [1.807, 2.05) is 105 Å². The first-order valence-corrected chi connectivity index (χ1v) is 32.0. The number of alkyl carbamates (subject to hydrolysis) is 2. The second kappa shape index (κ2) is 29.9. The van der Waals surface area contributed by atoms with Crippen LogP contribution in [0.25, 0.3) is 65.0 Å². The lowest BCUT2D eigenvalue weighted by atomic mass is 10.0. The predicted octanol–water partition coefficient (Wildman–Crippen LogP) is 14.5. The SMILES string of the molecule is Cc1nccc2c1c(=O)n(C)c1c(Cl)c(OC[C@@H](N)CC(C)C)ccc21.Cc1nccc2c1c(=O)n(C)c1c(Cl)c(OC[C@H](CC(C)C)NC(=O)OC(C)(C)C)ccc21.Cc1nccc2c1c(=O)n(C)c1cc(OC[C@H](CC(C)C)NC(=O)OC(C)(C)C)c(Cl)cc21. The molecule has 494 valence electrons. The quantitative estimate of drug-likeness (QED) is 0.0720. The van der Waals surface area contributed by atoms with Gasteiger partial charge in [0.25, 0.3) is 16.7 Å². The van der Waals surface area contributed by atoms with E-state index in [-0.39, 0.29) is 48.0 Å². The molecule has 0 spiro atoms. The van der Waals surface area contributed by atoms with Crippen LogP contribution in [0.2, 0.25) is 15.1 Å². The number of ether oxygens (including phenoxy) is 5. The zero-order valence-electron chi connectivity index (χ0n) is 56.1. The summed E-state index contributed by atoms with van der Waals surface area (Å²) in [6.45, 7) is 29.8. The molecule has 0 unspecified atom stereocenters. The number of nitrogens with zero attached hydrogens (tertiary/aromatic N) is 6. The summed E-state index contributed by atoms with van der Waals surface area (Å²) in [6.07, 6.45) is 6.40. The highest BCUT2D eigenvalue weighted by Crippen LogP contribution is 2.38. The van der Waals surface area contributed by atoms with Crippen LogP contribution < -0.4 is 47.3 Å². The van der Waals surface area contributed by atoms with Crippen molar-refractivity contribution in [2.45, 2.75) is 152 Å². The van der Waals surface area contributed by atoms with Crippen LogP contribution in [0.15, 0.2) is 87.6 Å². The van der Waals surface area contributed by atoms with Crippen LogP contribution in [0.1, 0.15) is 119 Å². The Morgan fingerprint density at radius 2 is 0.859 bits per heavy atom. The number of aryl methyl sites for hydroxylation is 6. The van der Waals surface area contributed by atoms with E-state index in [0.29, 0.717) is 119 Å². The van der Waals surface area contributed by atoms with E-state index in [1.54, 1.807) is 61.0 Å². The molecule has 0 saturated heterocycles. The summed E-state index contributed by atoms with van der Waals surface area (Å²) in [5, 5.41) is 13.8. The third-order valence-corrected chi connectivity index (χ3v) is 16.2. The van der Waals surface area contributed by atoms with E-state index >= 15 is 0 Å². The molecule has 0 bridgehead atoms. The van der Waals surface area contributed by atoms with Gasteiger partial charge in [-0.2, -0.15) is 0 Å². The van der Waals surface area contributed by atoms with E-state index < -0.39 is 23.4 Å². The number of rotatable bonds is 17. The maximum atomic E-state index is 13.0. The van der Waals surface area contributed by atoms with E-state index in [9.17, 15) is 24.0 Å². The molecule has 0 radical (unpaired) electrons. The average molecular weight is 1320 g/mol. The number of nitrogens with one attached hydrogen (secondary N) is 2. The van der Waals surface area contributed by atoms with Gasteiger partial charge in [0.2, 0.25) is 0 Å². The summed E-state index contributed by atoms with van der Waals surface area (Å²) in [6, 6.07) is 16.0. The fourth-order valence-electron chi connectivity index (χ4n) is 11.2. The second-order valence-corrected chi connectivity index (χ2v) is 27.8. The molecule has 0 fully saturated rings. The van der Waals surface area contributed by atoms with Crippen LogP contribution in [0, 0.1) is 38.5 Å². The van der Waals surface area contributed by atoms with Gasteiger partial charge in [0, 0.05) is 68.0 Å². The zero-order chi connectivity index (χ0) is 68.0. The van der Waals surface area contributed by atoms with Crippen LogP contribution in [0.5, 0.6) is 17.2 Å². The van der Waals surface area contributed by atoms with Gasteiger partial charge in [-0.1, -0.05) is 76.3 Å². The standard InChI is InChI=1S/2C25H32ClN3O4.C20H24ClN3O2/c1-14(2)10-16(28-24(31)33-25(4,5)6)13-32-21-12-20-18(11-19(21)26)17-8-9-27-15(3)22(17)23(30)29(20)7;1-14(2)12-16(28-24(31)33-25(4,5)6)13-32-19-9-8-18-17-10-11-27-15(3)20(17)23(30)29(7)22(18)21(19)26;1-11(2)9-13(22)10-26-16-6-5-15-14-7-8-23-12(3)17(14)20(25)24(4)19(15)18(16)21/h8-9,11-12,14,16H,10,13H2,1-7H3,(H,28,31);8-11,14,16H,12-13H2,1-7H3,(H,28,31);5-8,11,13H,9-10,22H2,1-4H3/t2*16-;13-/m000/s1. The molecule has 92 heavy (non-hydrogen) atoms. The number of fused-ring (bicyclic) bond motifs is 9. The first kappa shape index (κ1) is 71.7. The van der Waals surface area contributed by atoms with Crippen molar-refractivity contribution in [3.8, 4) is 17.2 Å². The maximum absolute atomic E-state index is 13.0. The Labute approximate surface area is 552 Å². The first-order chi connectivity index (χ1) is 43.1. The second-order valence-electron chi connectivity index (χ2n) is 26.7. The van der Waals surface area contributed by atoms with Crippen molar-refractivity contribution >= 4 is 112 Å². The van der Waals surface area contributed by atoms with Crippen molar-refractivity contribution in [2.75, 3.05) is 19.8 Å². The van der Waals surface area contributed by atoms with E-state index in [4.69, 9.17) is 64.2 Å². The van der Waals surface area contributed by atoms with Crippen LogP contribution in [0.3, 0.4) is 0 Å². The average Bonchev–Trinajstić information content (AvgIpc) is 0.763. The molecular formula is C70H88Cl3N9O10. The van der Waals surface area contributed by atoms with Gasteiger partial charge in [0.15, 0.2) is 0 Å². The molecule has 6 heterocycles. The lowest BCUT2D eigenvalue weighted by molar-refractivity contribution is 0.0469. The molecule has 0 aliphatic carbocycles. The predicted molar refractivity (Wildman–Crippen MR) is 372 cm³/mol. The normalized spacial score (nSPS) is 12.9. The molecule has 22 heteroatoms. The molecule has 2 amide bonds. The zero-order valence-corrected chi connectivity index (χ0v) is 58.4. The molecule has 0 aliphatic rings. The van der Waals surface area contributed by atoms with Gasteiger partial charge in [0.05, 0.1) is 66.9 Å². The van der Waals surface area contributed by atoms with Gasteiger partial charge in [0.1, 0.15) is 58.3 Å². The highest BCUT2D eigenvalue weighted by Gasteiger charge is 2.25. The number of aromatic nitrogens is 6. The number of carbonyl (C=O) groups is 2. The lowest BCUT2D eigenvalue weighted by Gasteiger charge is -2.25.